The average Bonchev–Trinajstić information content (AvgIpc) is 2.88. The van der Waals surface area contributed by atoms with Crippen LogP contribution in [0.25, 0.3) is 0 Å². The summed E-state index contributed by atoms with van der Waals surface area (Å²) in [4.78, 5) is 28.4. The summed E-state index contributed by atoms with van der Waals surface area (Å²) in [6.07, 6.45) is 0.381. The lowest BCUT2D eigenvalue weighted by atomic mass is 10.2. The SMILES string of the molecule is Cc1noc(CCC(=O)N(CC(=O)O)c2ccccc2)n1. The van der Waals surface area contributed by atoms with Gasteiger partial charge in [-0.2, -0.15) is 4.98 Å². The van der Waals surface area contributed by atoms with Crippen molar-refractivity contribution >= 4 is 17.6 Å². The van der Waals surface area contributed by atoms with E-state index in [1.807, 2.05) is 0 Å². The number of nitrogens with zero attached hydrogens (tertiary/aromatic N) is 3. The van der Waals surface area contributed by atoms with Gasteiger partial charge < -0.3 is 14.5 Å². The molecule has 1 N–H and O–H groups in total. The molecule has 0 spiro atoms. The third kappa shape index (κ3) is 4.13. The van der Waals surface area contributed by atoms with Crippen molar-refractivity contribution < 1.29 is 19.2 Å². The Morgan fingerprint density at radius 1 is 1.29 bits per heavy atom. The highest BCUT2D eigenvalue weighted by Gasteiger charge is 2.19. The number of benzene rings is 1. The van der Waals surface area contributed by atoms with Crippen LogP contribution in [-0.2, 0) is 16.0 Å². The van der Waals surface area contributed by atoms with Gasteiger partial charge >= 0.3 is 5.97 Å². The Bertz CT molecular complexity index is 624. The van der Waals surface area contributed by atoms with Gasteiger partial charge in [-0.15, -0.1) is 0 Å². The van der Waals surface area contributed by atoms with Crippen LogP contribution in [0.15, 0.2) is 34.9 Å². The molecular formula is C14H15N3O4. The summed E-state index contributed by atoms with van der Waals surface area (Å²) in [5.74, 6) is -0.507. The van der Waals surface area contributed by atoms with Crippen LogP contribution in [0, 0.1) is 6.92 Å². The molecule has 2 rings (SSSR count). The van der Waals surface area contributed by atoms with E-state index in [1.165, 1.54) is 4.90 Å². The highest BCUT2D eigenvalue weighted by molar-refractivity contribution is 5.97. The van der Waals surface area contributed by atoms with Crippen LogP contribution in [0.1, 0.15) is 18.1 Å². The number of hydrogen-bond acceptors (Lipinski definition) is 5. The van der Waals surface area contributed by atoms with E-state index in [0.717, 1.165) is 0 Å². The summed E-state index contributed by atoms with van der Waals surface area (Å²) in [7, 11) is 0. The third-order valence-electron chi connectivity index (χ3n) is 2.78. The lowest BCUT2D eigenvalue weighted by Gasteiger charge is -2.20. The van der Waals surface area contributed by atoms with Crippen LogP contribution in [0.2, 0.25) is 0 Å². The summed E-state index contributed by atoms with van der Waals surface area (Å²) in [5.41, 5.74) is 0.548. The van der Waals surface area contributed by atoms with Crippen molar-refractivity contribution in [1.29, 1.82) is 0 Å². The second-order valence-electron chi connectivity index (χ2n) is 4.44. The van der Waals surface area contributed by atoms with Crippen molar-refractivity contribution in [1.82, 2.24) is 10.1 Å². The average molecular weight is 289 g/mol. The molecule has 2 aromatic rings. The first-order valence-corrected chi connectivity index (χ1v) is 6.42. The summed E-state index contributed by atoms with van der Waals surface area (Å²) in [6.45, 7) is 1.31. The van der Waals surface area contributed by atoms with E-state index in [0.29, 0.717) is 17.4 Å². The molecule has 7 heteroatoms. The minimum absolute atomic E-state index is 0.101. The summed E-state index contributed by atoms with van der Waals surface area (Å²) < 4.78 is 4.93. The number of aryl methyl sites for hydroxylation is 2. The molecule has 0 aliphatic rings. The van der Waals surface area contributed by atoms with Gasteiger partial charge in [0.25, 0.3) is 0 Å². The van der Waals surface area contributed by atoms with Gasteiger partial charge in [0.15, 0.2) is 5.82 Å². The van der Waals surface area contributed by atoms with Crippen molar-refractivity contribution in [2.24, 2.45) is 0 Å². The molecule has 1 amide bonds. The molecular weight excluding hydrogens is 274 g/mol. The van der Waals surface area contributed by atoms with Crippen molar-refractivity contribution in [3.63, 3.8) is 0 Å². The molecule has 1 aromatic carbocycles. The second-order valence-corrected chi connectivity index (χ2v) is 4.44. The Morgan fingerprint density at radius 3 is 2.57 bits per heavy atom. The number of carboxylic acids is 1. The predicted octanol–water partition coefficient (Wildman–Crippen LogP) is 1.43. The van der Waals surface area contributed by atoms with E-state index in [9.17, 15) is 9.59 Å². The van der Waals surface area contributed by atoms with E-state index in [4.69, 9.17) is 9.63 Å². The van der Waals surface area contributed by atoms with Crippen LogP contribution >= 0.6 is 0 Å². The van der Waals surface area contributed by atoms with E-state index in [1.54, 1.807) is 37.3 Å². The highest BCUT2D eigenvalue weighted by Crippen LogP contribution is 2.15. The topological polar surface area (TPSA) is 96.5 Å². The van der Waals surface area contributed by atoms with Gasteiger partial charge in [0, 0.05) is 18.5 Å². The number of hydrogen-bond donors (Lipinski definition) is 1. The zero-order valence-electron chi connectivity index (χ0n) is 11.5. The second kappa shape index (κ2) is 6.65. The Labute approximate surface area is 121 Å². The predicted molar refractivity (Wildman–Crippen MR) is 73.8 cm³/mol. The van der Waals surface area contributed by atoms with E-state index in [2.05, 4.69) is 10.1 Å². The summed E-state index contributed by atoms with van der Waals surface area (Å²) >= 11 is 0. The largest absolute Gasteiger partial charge is 0.480 e. The minimum Gasteiger partial charge on any atom is -0.480 e. The molecule has 0 fully saturated rings. The van der Waals surface area contributed by atoms with Gasteiger partial charge in [-0.25, -0.2) is 0 Å². The lowest BCUT2D eigenvalue weighted by molar-refractivity contribution is -0.136. The molecule has 0 unspecified atom stereocenters. The molecule has 0 saturated heterocycles. The molecule has 1 heterocycles. The number of rotatable bonds is 6. The quantitative estimate of drug-likeness (QED) is 0.864. The van der Waals surface area contributed by atoms with Gasteiger partial charge in [0.1, 0.15) is 6.54 Å². The molecule has 110 valence electrons. The summed E-state index contributed by atoms with van der Waals surface area (Å²) in [5, 5.41) is 12.6. The van der Waals surface area contributed by atoms with Crippen LogP contribution in [0.3, 0.4) is 0 Å². The molecule has 7 nitrogen and oxygen atoms in total. The number of carboxylic acid groups (broad SMARTS) is 1. The van der Waals surface area contributed by atoms with Gasteiger partial charge in [-0.1, -0.05) is 23.4 Å². The normalized spacial score (nSPS) is 10.3. The Kier molecular flexibility index (Phi) is 4.65. The smallest absolute Gasteiger partial charge is 0.323 e. The number of aliphatic carboxylic acids is 1. The van der Waals surface area contributed by atoms with Crippen molar-refractivity contribution in [3.05, 3.63) is 42.0 Å². The van der Waals surface area contributed by atoms with Gasteiger partial charge in [-0.05, 0) is 19.1 Å². The first kappa shape index (κ1) is 14.7. The van der Waals surface area contributed by atoms with Crippen LogP contribution in [0.4, 0.5) is 5.69 Å². The Balaban J connectivity index is 2.05. The number of aromatic nitrogens is 2. The first-order chi connectivity index (χ1) is 10.1. The van der Waals surface area contributed by atoms with Gasteiger partial charge in [0.05, 0.1) is 0 Å². The Morgan fingerprint density at radius 2 is 2.00 bits per heavy atom. The molecule has 0 aliphatic carbocycles. The molecule has 0 atom stereocenters. The third-order valence-corrected chi connectivity index (χ3v) is 2.78. The fourth-order valence-electron chi connectivity index (χ4n) is 1.86. The van der Waals surface area contributed by atoms with Crippen molar-refractivity contribution in [2.45, 2.75) is 19.8 Å². The maximum atomic E-state index is 12.2. The molecule has 1 aromatic heterocycles. The van der Waals surface area contributed by atoms with E-state index >= 15 is 0 Å². The molecule has 0 aliphatic heterocycles. The zero-order chi connectivity index (χ0) is 15.2. The van der Waals surface area contributed by atoms with Gasteiger partial charge in [0.2, 0.25) is 11.8 Å². The van der Waals surface area contributed by atoms with Crippen LogP contribution < -0.4 is 4.90 Å². The number of carbonyl (C=O) groups is 2. The van der Waals surface area contributed by atoms with Crippen LogP contribution in [-0.4, -0.2) is 33.7 Å². The first-order valence-electron chi connectivity index (χ1n) is 6.42. The monoisotopic (exact) mass is 289 g/mol. The maximum Gasteiger partial charge on any atom is 0.323 e. The Hall–Kier alpha value is -2.70. The standard InChI is InChI=1S/C14H15N3O4/c1-10-15-12(21-16-10)7-8-13(18)17(9-14(19)20)11-5-3-2-4-6-11/h2-6H,7-9H2,1H3,(H,19,20). The number of amides is 1. The molecule has 0 bridgehead atoms. The number of anilines is 1. The van der Waals surface area contributed by atoms with E-state index in [-0.39, 0.29) is 25.3 Å². The van der Waals surface area contributed by atoms with Crippen molar-refractivity contribution in [3.8, 4) is 0 Å². The molecule has 21 heavy (non-hydrogen) atoms. The van der Waals surface area contributed by atoms with E-state index < -0.39 is 5.97 Å². The fraction of sp³-hybridized carbons (Fsp3) is 0.286. The van der Waals surface area contributed by atoms with Gasteiger partial charge in [-0.3, -0.25) is 9.59 Å². The molecule has 0 saturated carbocycles. The van der Waals surface area contributed by atoms with Crippen molar-refractivity contribution in [2.75, 3.05) is 11.4 Å². The van der Waals surface area contributed by atoms with Crippen LogP contribution in [0.5, 0.6) is 0 Å². The highest BCUT2D eigenvalue weighted by atomic mass is 16.5. The minimum atomic E-state index is -1.07. The summed E-state index contributed by atoms with van der Waals surface area (Å²) in [6, 6.07) is 8.68. The number of para-hydroxylation sites is 1. The maximum absolute atomic E-state index is 12.2. The lowest BCUT2D eigenvalue weighted by Crippen LogP contribution is -2.35. The zero-order valence-corrected chi connectivity index (χ0v) is 11.5. The molecule has 0 radical (unpaired) electrons. The fourth-order valence-corrected chi connectivity index (χ4v) is 1.86. The number of carbonyl (C=O) groups excluding carboxylic acids is 1.